The van der Waals surface area contributed by atoms with Crippen molar-refractivity contribution in [3.05, 3.63) is 0 Å². The molecule has 0 fully saturated rings. The molecule has 0 amide bonds. The van der Waals surface area contributed by atoms with Crippen molar-refractivity contribution >= 4 is 35.2 Å². The fourth-order valence-electron chi connectivity index (χ4n) is 12.6. The van der Waals surface area contributed by atoms with E-state index in [2.05, 4.69) is 64.1 Å². The van der Waals surface area contributed by atoms with Gasteiger partial charge in [0.05, 0.1) is 76.3 Å². The summed E-state index contributed by atoms with van der Waals surface area (Å²) < 4.78 is 99.8. The smallest absolute Gasteiger partial charge is 0.389 e. The topological polar surface area (TPSA) is 354 Å². The summed E-state index contributed by atoms with van der Waals surface area (Å²) in [5, 5.41) is 80.4. The summed E-state index contributed by atoms with van der Waals surface area (Å²) in [4.78, 5) is 4.39. The zero-order valence-corrected chi connectivity index (χ0v) is 77.5. The molecule has 35 heteroatoms. The molecule has 0 rings (SSSR count). The molecule has 0 radical (unpaired) electrons. The molecule has 0 spiro atoms. The van der Waals surface area contributed by atoms with Crippen molar-refractivity contribution in [3.8, 4) is 0 Å². The Kier molecular flexibility index (Phi) is 80.3. The molecule has 676 valence electrons. The molecule has 0 aliphatic rings. The monoisotopic (exact) mass is 1690 g/mol. The Morgan fingerprint density at radius 3 is 0.821 bits per heavy atom. The predicted molar refractivity (Wildman–Crippen MR) is 451 cm³/mol. The van der Waals surface area contributed by atoms with Crippen LogP contribution >= 0.6 is 0 Å². The van der Waals surface area contributed by atoms with Crippen molar-refractivity contribution in [2.24, 2.45) is 11.8 Å². The molecule has 0 aliphatic heterocycles. The van der Waals surface area contributed by atoms with Gasteiger partial charge in [0, 0.05) is 215 Å². The van der Waals surface area contributed by atoms with Gasteiger partial charge in [0.25, 0.3) is 0 Å². The van der Waals surface area contributed by atoms with Crippen molar-refractivity contribution < 1.29 is 112 Å². The molecule has 8 unspecified atom stereocenters. The van der Waals surface area contributed by atoms with E-state index in [-0.39, 0.29) is 19.8 Å². The number of aliphatic hydroxyl groups is 6. The van der Waals surface area contributed by atoms with E-state index < -0.39 is 71.8 Å². The first-order valence-corrected chi connectivity index (χ1v) is 50.1. The van der Waals surface area contributed by atoms with Crippen LogP contribution in [-0.2, 0) is 81.5 Å². The van der Waals surface area contributed by atoms with E-state index in [4.69, 9.17) is 81.5 Å². The second kappa shape index (κ2) is 79.1. The van der Waals surface area contributed by atoms with Crippen LogP contribution in [0.25, 0.3) is 0 Å². The van der Waals surface area contributed by atoms with Gasteiger partial charge in [0.15, 0.2) is 0 Å². The van der Waals surface area contributed by atoms with E-state index in [0.717, 1.165) is 155 Å². The maximum absolute atomic E-state index is 10.8. The van der Waals surface area contributed by atoms with Gasteiger partial charge in [-0.15, -0.1) is 0 Å². The Bertz CT molecular complexity index is 1910. The van der Waals surface area contributed by atoms with Crippen molar-refractivity contribution in [1.29, 1.82) is 0 Å². The first-order chi connectivity index (χ1) is 54.2. The standard InChI is InChI=1S/C39H87N3O12Si2.C38H86N4O12Si2/c1-9-11-20-36(10-2)32-54-35-39(45)31-42(30-38(44)34-53-26-19-28-56(49-6,50-7)51-8)24-17-13-16-22-40-21-14-12-15-23-41-29-37(43)33-52-25-18-27-55(46-3,47-4)48-5;1-9-11-17-35(10-2)31-54-34-38(45)30-42(23-21-41-29-37(44)33-53-25-16-27-56(49-6,50-7)51-8)22-20-39-18-13-12-14-19-40-28-36(43)32-52-24-15-26-55(46-3,47-4)48-5/h36-41,43-45H,9-35H2,1-8H3;35-41,43-45H,9-34H2,1-8H3. The minimum Gasteiger partial charge on any atom is -0.389 e. The maximum atomic E-state index is 10.8. The number of rotatable bonds is 88. The Labute approximate surface area is 685 Å². The van der Waals surface area contributed by atoms with Gasteiger partial charge in [-0.25, -0.2) is 0 Å². The first-order valence-electron chi connectivity index (χ1n) is 42.4. The molecule has 0 aromatic carbocycles. The van der Waals surface area contributed by atoms with Crippen LogP contribution in [0.5, 0.6) is 0 Å². The van der Waals surface area contributed by atoms with Crippen molar-refractivity contribution in [3.63, 3.8) is 0 Å². The van der Waals surface area contributed by atoms with Gasteiger partial charge in [-0.1, -0.05) is 85.5 Å². The highest BCUT2D eigenvalue weighted by atomic mass is 28.4. The molecular weight excluding hydrogens is 1520 g/mol. The fourth-order valence-corrected chi connectivity index (χ4v) is 19.4. The molecule has 0 heterocycles. The minimum atomic E-state index is -2.63. The molecule has 11 N–H and O–H groups in total. The van der Waals surface area contributed by atoms with Crippen molar-refractivity contribution in [2.45, 2.75) is 223 Å². The van der Waals surface area contributed by atoms with E-state index in [0.29, 0.717) is 148 Å². The van der Waals surface area contributed by atoms with Crippen LogP contribution in [0.2, 0.25) is 24.2 Å². The van der Waals surface area contributed by atoms with Gasteiger partial charge >= 0.3 is 35.2 Å². The molecule has 8 atom stereocenters. The Balaban J connectivity index is 0. The summed E-state index contributed by atoms with van der Waals surface area (Å²) in [5.74, 6) is 1.07. The lowest BCUT2D eigenvalue weighted by atomic mass is 10.0. The van der Waals surface area contributed by atoms with E-state index in [1.807, 2.05) is 0 Å². The summed E-state index contributed by atoms with van der Waals surface area (Å²) in [7, 11) is 8.82. The number of aliphatic hydroxyl groups excluding tert-OH is 6. The minimum absolute atomic E-state index is 0.223. The summed E-state index contributed by atoms with van der Waals surface area (Å²) in [6.07, 6.45) is 18.2. The molecule has 0 saturated heterocycles. The number of nitrogens with zero attached hydrogens (tertiary/aromatic N) is 2. The average Bonchev–Trinajstić information content (AvgIpc) is 0.921. The summed E-state index contributed by atoms with van der Waals surface area (Å²) in [5.41, 5.74) is 0. The number of ether oxygens (including phenoxy) is 6. The summed E-state index contributed by atoms with van der Waals surface area (Å²) in [6, 6.07) is 2.63. The highest BCUT2D eigenvalue weighted by Gasteiger charge is 2.40. The van der Waals surface area contributed by atoms with E-state index >= 15 is 0 Å². The Morgan fingerprint density at radius 1 is 0.259 bits per heavy atom. The summed E-state index contributed by atoms with van der Waals surface area (Å²) in [6.45, 7) is 25.1. The highest BCUT2D eigenvalue weighted by Crippen LogP contribution is 2.20. The van der Waals surface area contributed by atoms with Gasteiger partial charge in [-0.2, -0.15) is 0 Å². The number of unbranched alkanes of at least 4 members (excludes halogenated alkanes) is 8. The van der Waals surface area contributed by atoms with E-state index in [9.17, 15) is 30.6 Å². The van der Waals surface area contributed by atoms with Crippen LogP contribution in [0.1, 0.15) is 163 Å². The van der Waals surface area contributed by atoms with Crippen LogP contribution in [-0.4, -0.2) is 382 Å². The average molecular weight is 1690 g/mol. The van der Waals surface area contributed by atoms with Crippen LogP contribution < -0.4 is 26.6 Å². The van der Waals surface area contributed by atoms with E-state index in [1.165, 1.54) is 32.1 Å². The van der Waals surface area contributed by atoms with Crippen LogP contribution in [0.15, 0.2) is 0 Å². The van der Waals surface area contributed by atoms with E-state index in [1.54, 1.807) is 85.3 Å². The van der Waals surface area contributed by atoms with Crippen LogP contribution in [0.3, 0.4) is 0 Å². The van der Waals surface area contributed by atoms with Gasteiger partial charge in [0.2, 0.25) is 0 Å². The third kappa shape index (κ3) is 62.7. The van der Waals surface area contributed by atoms with Crippen molar-refractivity contribution in [2.75, 3.05) is 269 Å². The number of hydrogen-bond acceptors (Lipinski definition) is 31. The molecule has 0 aromatic rings. The third-order valence-electron chi connectivity index (χ3n) is 20.0. The molecule has 0 saturated carbocycles. The normalized spacial score (nSPS) is 14.8. The largest absolute Gasteiger partial charge is 0.500 e. The molecule has 112 heavy (non-hydrogen) atoms. The molecule has 0 aliphatic carbocycles. The quantitative estimate of drug-likeness (QED) is 0.0253. The molecule has 31 nitrogen and oxygen atoms in total. The van der Waals surface area contributed by atoms with Crippen LogP contribution in [0.4, 0.5) is 0 Å². The van der Waals surface area contributed by atoms with Crippen molar-refractivity contribution in [1.82, 2.24) is 36.4 Å². The fraction of sp³-hybridized carbons (Fsp3) is 1.00. The predicted octanol–water partition coefficient (Wildman–Crippen LogP) is 5.81. The molecule has 0 aromatic heterocycles. The zero-order valence-electron chi connectivity index (χ0n) is 73.5. The first kappa shape index (κ1) is 114. The lowest BCUT2D eigenvalue weighted by Crippen LogP contribution is -2.43. The van der Waals surface area contributed by atoms with Gasteiger partial charge in [0.1, 0.15) is 0 Å². The maximum Gasteiger partial charge on any atom is 0.500 e. The Hall–Kier alpha value is -0.372. The second-order valence-corrected chi connectivity index (χ2v) is 41.4. The lowest BCUT2D eigenvalue weighted by Gasteiger charge is -2.28. The summed E-state index contributed by atoms with van der Waals surface area (Å²) >= 11 is 0. The number of hydrogen-bond donors (Lipinski definition) is 11. The van der Waals surface area contributed by atoms with Gasteiger partial charge < -0.3 is 139 Å². The SMILES string of the molecule is CCCCC(CC)COCC(O)CN(CCCCCNCCCCCNCC(O)COCCC[Si](OC)(OC)OC)CC(O)COCCC[Si](OC)(OC)OC.CCCCC(CC)COCC(O)CN(CCNCCCCCNCC(O)COCCC[Si](OC)(OC)OC)CCNCC(O)COCCC[Si](OC)(OC)OC. The third-order valence-corrected chi connectivity index (χ3v) is 31.3. The lowest BCUT2D eigenvalue weighted by molar-refractivity contribution is -0.0165. The van der Waals surface area contributed by atoms with Crippen LogP contribution in [0, 0.1) is 11.8 Å². The highest BCUT2D eigenvalue weighted by molar-refractivity contribution is 6.61. The Morgan fingerprint density at radius 2 is 0.518 bits per heavy atom. The molecular formula is C77H173N7O24Si4. The zero-order chi connectivity index (χ0) is 83.5. The number of nitrogens with one attached hydrogen (secondary N) is 5. The second-order valence-electron chi connectivity index (χ2n) is 29.1. The molecule has 0 bridgehead atoms. The van der Waals surface area contributed by atoms with Gasteiger partial charge in [-0.05, 0) is 128 Å². The van der Waals surface area contributed by atoms with Gasteiger partial charge in [-0.3, -0.25) is 9.80 Å².